The summed E-state index contributed by atoms with van der Waals surface area (Å²) >= 11 is -0.296. The molecule has 3 N–H and O–H groups in total. The monoisotopic (exact) mass is 655 g/mol. The average molecular weight is 656 g/mol. The fraction of sp³-hybridized carbons (Fsp3) is 0.581. The van der Waals surface area contributed by atoms with Gasteiger partial charge in [-0.15, -0.1) is 0 Å². The van der Waals surface area contributed by atoms with E-state index < -0.39 is 24.4 Å². The molecule has 39 heavy (non-hydrogen) atoms. The van der Waals surface area contributed by atoms with Crippen LogP contribution in [-0.4, -0.2) is 60.2 Å². The normalized spacial score (nSPS) is 22.5. The van der Waals surface area contributed by atoms with Crippen molar-refractivity contribution in [3.63, 3.8) is 0 Å². The van der Waals surface area contributed by atoms with E-state index in [2.05, 4.69) is 0 Å². The quantitative estimate of drug-likeness (QED) is 0.110. The number of carbonyl (C=O) groups excluding carboxylic acids is 1. The van der Waals surface area contributed by atoms with Crippen LogP contribution in [0, 0.1) is 5.92 Å². The Bertz CT molecular complexity index is 969. The molecular weight excluding hydrogens is 611 g/mol. The Morgan fingerprint density at radius 2 is 1.59 bits per heavy atom. The molecule has 0 heterocycles. The molecule has 0 radical (unpaired) electrons. The van der Waals surface area contributed by atoms with Crippen LogP contribution in [0.25, 0.3) is 0 Å². The number of aliphatic hydroxyl groups excluding tert-OH is 3. The number of hydrogen-bond acceptors (Lipinski definition) is 7. The summed E-state index contributed by atoms with van der Waals surface area (Å²) in [6.07, 6.45) is 2.67. The summed E-state index contributed by atoms with van der Waals surface area (Å²) in [6, 6.07) is 16.9. The van der Waals surface area contributed by atoms with E-state index in [1.54, 1.807) is 0 Å². The average Bonchev–Trinajstić information content (AvgIpc) is 3.17. The summed E-state index contributed by atoms with van der Waals surface area (Å²) in [5.74, 6) is 1.99. The van der Waals surface area contributed by atoms with Crippen LogP contribution < -0.4 is 30.7 Å². The topological polar surface area (TPSA) is 105 Å². The van der Waals surface area contributed by atoms with Crippen molar-refractivity contribution in [2.75, 3.05) is 4.43 Å². The molecule has 0 aromatic heterocycles. The maximum absolute atomic E-state index is 11.7. The first-order valence-corrected chi connectivity index (χ1v) is 16.8. The van der Waals surface area contributed by atoms with E-state index in [1.807, 2.05) is 75.4 Å². The van der Waals surface area contributed by atoms with Crippen molar-refractivity contribution in [2.24, 2.45) is 5.92 Å². The van der Waals surface area contributed by atoms with Crippen LogP contribution in [0.2, 0.25) is 0 Å². The first-order chi connectivity index (χ1) is 18.7. The van der Waals surface area contributed by atoms with Crippen molar-refractivity contribution in [3.8, 4) is 17.2 Å². The van der Waals surface area contributed by atoms with Crippen LogP contribution in [0.15, 0.2) is 54.6 Å². The number of para-hydroxylation sites is 1. The molecule has 7 nitrogen and oxygen atoms in total. The Balaban J connectivity index is 1.38. The molecule has 1 fully saturated rings. The Morgan fingerprint density at radius 3 is 2.28 bits per heavy atom. The van der Waals surface area contributed by atoms with Gasteiger partial charge in [0.2, 0.25) is 0 Å². The minimum atomic E-state index is -0.681. The predicted octanol–water partition coefficient (Wildman–Crippen LogP) is 2.10. The summed E-state index contributed by atoms with van der Waals surface area (Å²) in [4.78, 5) is 11.7. The van der Waals surface area contributed by atoms with E-state index in [4.69, 9.17) is 14.2 Å². The van der Waals surface area contributed by atoms with Crippen LogP contribution in [0.5, 0.6) is 17.2 Å². The molecule has 218 valence electrons. The molecule has 0 saturated heterocycles. The third kappa shape index (κ3) is 10.9. The van der Waals surface area contributed by atoms with Gasteiger partial charge in [0.25, 0.3) is 0 Å². The summed E-state index contributed by atoms with van der Waals surface area (Å²) in [7, 11) is 0. The van der Waals surface area contributed by atoms with Gasteiger partial charge in [0, 0.05) is 0 Å². The number of aliphatic hydroxyl groups is 3. The van der Waals surface area contributed by atoms with Crippen molar-refractivity contribution in [1.82, 2.24) is 0 Å². The SMILES string of the molecule is CC(C)OC(=O)CCCCC[I-][C@@H]1C(CCC(O)C(C)Oc2ccc(Oc3ccccc3)cc2)[C@H](O)C[C@@H]1O. The molecule has 6 atom stereocenters. The number of rotatable bonds is 16. The molecule has 8 heteroatoms. The zero-order chi connectivity index (χ0) is 28.2. The number of benzene rings is 2. The van der Waals surface area contributed by atoms with Gasteiger partial charge in [-0.05, 0) is 12.1 Å². The summed E-state index contributed by atoms with van der Waals surface area (Å²) in [6.45, 7) is 5.56. The van der Waals surface area contributed by atoms with E-state index in [1.165, 1.54) is 0 Å². The van der Waals surface area contributed by atoms with E-state index in [9.17, 15) is 20.1 Å². The minimum absolute atomic E-state index is 0.00471. The molecule has 0 bridgehead atoms. The number of unbranched alkanes of at least 4 members (excludes halogenated alkanes) is 2. The number of esters is 1. The van der Waals surface area contributed by atoms with Crippen LogP contribution >= 0.6 is 0 Å². The first kappa shape index (κ1) is 31.6. The van der Waals surface area contributed by atoms with Crippen LogP contribution in [0.3, 0.4) is 0 Å². The van der Waals surface area contributed by atoms with Gasteiger partial charge < -0.3 is 0 Å². The second kappa shape index (κ2) is 16.4. The number of alkyl halides is 2. The van der Waals surface area contributed by atoms with Gasteiger partial charge in [-0.1, -0.05) is 18.2 Å². The van der Waals surface area contributed by atoms with Crippen molar-refractivity contribution in [2.45, 2.75) is 100 Å². The van der Waals surface area contributed by atoms with Crippen LogP contribution in [0.4, 0.5) is 0 Å². The van der Waals surface area contributed by atoms with E-state index in [0.717, 1.165) is 29.4 Å². The Labute approximate surface area is 243 Å². The molecule has 2 aromatic carbocycles. The second-order valence-electron chi connectivity index (χ2n) is 10.5. The van der Waals surface area contributed by atoms with Crippen molar-refractivity contribution >= 4 is 5.97 Å². The van der Waals surface area contributed by atoms with E-state index in [-0.39, 0.29) is 43.1 Å². The Morgan fingerprint density at radius 1 is 0.923 bits per heavy atom. The molecule has 3 rings (SSSR count). The van der Waals surface area contributed by atoms with Crippen molar-refractivity contribution < 1.29 is 55.5 Å². The third-order valence-electron chi connectivity index (χ3n) is 6.89. The molecule has 0 spiro atoms. The Kier molecular flexibility index (Phi) is 13.3. The van der Waals surface area contributed by atoms with Crippen molar-refractivity contribution in [3.05, 3.63) is 54.6 Å². The van der Waals surface area contributed by atoms with Gasteiger partial charge in [0.05, 0.1) is 0 Å². The van der Waals surface area contributed by atoms with E-state index in [0.29, 0.717) is 37.2 Å². The fourth-order valence-electron chi connectivity index (χ4n) is 4.79. The summed E-state index contributed by atoms with van der Waals surface area (Å²) < 4.78 is 18.1. The molecule has 3 unspecified atom stereocenters. The molecule has 0 aliphatic heterocycles. The van der Waals surface area contributed by atoms with Gasteiger partial charge in [-0.2, -0.15) is 0 Å². The zero-order valence-electron chi connectivity index (χ0n) is 23.2. The van der Waals surface area contributed by atoms with Crippen molar-refractivity contribution in [1.29, 1.82) is 0 Å². The third-order valence-corrected chi connectivity index (χ3v) is 11.0. The van der Waals surface area contributed by atoms with Gasteiger partial charge in [0.15, 0.2) is 0 Å². The maximum atomic E-state index is 11.7. The summed E-state index contributed by atoms with van der Waals surface area (Å²) in [5.41, 5.74) is 0. The first-order valence-electron chi connectivity index (χ1n) is 14.0. The summed E-state index contributed by atoms with van der Waals surface area (Å²) in [5, 5.41) is 32.0. The number of carbonyl (C=O) groups is 1. The molecule has 1 saturated carbocycles. The van der Waals surface area contributed by atoms with Crippen LogP contribution in [-0.2, 0) is 9.53 Å². The second-order valence-corrected chi connectivity index (χ2v) is 13.9. The predicted molar refractivity (Wildman–Crippen MR) is 147 cm³/mol. The Hall–Kier alpha value is -1.88. The van der Waals surface area contributed by atoms with Crippen LogP contribution in [0.1, 0.15) is 65.7 Å². The van der Waals surface area contributed by atoms with Gasteiger partial charge >= 0.3 is 208 Å². The number of halogens is 1. The molecule has 0 amide bonds. The number of ether oxygens (including phenoxy) is 3. The molecule has 1 aliphatic carbocycles. The zero-order valence-corrected chi connectivity index (χ0v) is 25.4. The van der Waals surface area contributed by atoms with E-state index >= 15 is 0 Å². The van der Waals surface area contributed by atoms with Gasteiger partial charge in [0.1, 0.15) is 5.75 Å². The van der Waals surface area contributed by atoms with Gasteiger partial charge in [-0.3, -0.25) is 0 Å². The van der Waals surface area contributed by atoms with Gasteiger partial charge in [-0.25, -0.2) is 0 Å². The molecule has 1 aliphatic rings. The standard InChI is InChI=1S/C31H44IO7/c1-21(2)37-30(36)12-8-5-9-19-32-31-26(28(34)20-29(31)35)17-18-27(33)22(3)38-24-13-15-25(16-14-24)39-23-10-6-4-7-11-23/h4,6-7,10-11,13-16,21-22,26-29,31,33-35H,5,8-9,12,17-20H2,1-3H3/q-1/t22?,26?,27?,28-,29+,31-/m1/s1. The fourth-order valence-corrected chi connectivity index (χ4v) is 8.86. The number of hydrogen-bond donors (Lipinski definition) is 3. The molecule has 2 aromatic rings. The molecular formula is C31H44IO7-.